The normalized spacial score (nSPS) is 40.9. The van der Waals surface area contributed by atoms with Crippen LogP contribution >= 0.6 is 0 Å². The highest BCUT2D eigenvalue weighted by molar-refractivity contribution is 6.18. The Kier molecular flexibility index (Phi) is 1.21. The summed E-state index contributed by atoms with van der Waals surface area (Å²) in [5, 5.41) is 0. The number of aliphatic imine (C=N–C) groups is 2. The molecule has 2 unspecified atom stereocenters. The van der Waals surface area contributed by atoms with Crippen LogP contribution in [0.4, 0.5) is 0 Å². The second-order valence-electron chi connectivity index (χ2n) is 4.94. The first-order chi connectivity index (χ1) is 7.32. The Morgan fingerprint density at radius 2 is 2.40 bits per heavy atom. The van der Waals surface area contributed by atoms with Crippen molar-refractivity contribution in [3.8, 4) is 0 Å². The Bertz CT molecular complexity index is 472. The van der Waals surface area contributed by atoms with E-state index in [1.54, 1.807) is 0 Å². The van der Waals surface area contributed by atoms with Gasteiger partial charge in [-0.3, -0.25) is 14.8 Å². The second-order valence-corrected chi connectivity index (χ2v) is 4.94. The molecule has 1 fully saturated rings. The number of hydrogen-bond donors (Lipinski definition) is 0. The molecule has 0 aromatic rings. The topological polar surface area (TPSA) is 41.8 Å². The van der Waals surface area contributed by atoms with E-state index in [0.717, 1.165) is 25.1 Å². The Labute approximate surface area is 88.0 Å². The van der Waals surface area contributed by atoms with Crippen molar-refractivity contribution in [1.29, 1.82) is 0 Å². The molecule has 0 aromatic heterocycles. The number of ketones is 1. The van der Waals surface area contributed by atoms with Crippen molar-refractivity contribution in [2.75, 3.05) is 6.54 Å². The first kappa shape index (κ1) is 7.97. The van der Waals surface area contributed by atoms with Crippen LogP contribution in [-0.2, 0) is 4.79 Å². The number of allylic oxidation sites excluding steroid dienone is 2. The van der Waals surface area contributed by atoms with Crippen molar-refractivity contribution < 1.29 is 4.79 Å². The SMILES string of the molecule is O=C1CC2=NCC3CC23C2=C1N=CCC2. The molecule has 0 saturated heterocycles. The molecule has 3 heteroatoms. The van der Waals surface area contributed by atoms with Crippen LogP contribution in [0, 0.1) is 11.3 Å². The third-order valence-electron chi connectivity index (χ3n) is 4.28. The molecule has 0 radical (unpaired) electrons. The molecular formula is C12H12N2O. The third-order valence-corrected chi connectivity index (χ3v) is 4.28. The van der Waals surface area contributed by atoms with Crippen molar-refractivity contribution >= 4 is 17.7 Å². The van der Waals surface area contributed by atoms with E-state index in [1.165, 1.54) is 17.7 Å². The van der Waals surface area contributed by atoms with Gasteiger partial charge < -0.3 is 0 Å². The first-order valence-corrected chi connectivity index (χ1v) is 5.65. The van der Waals surface area contributed by atoms with E-state index in [1.807, 2.05) is 6.21 Å². The Hall–Kier alpha value is -1.25. The van der Waals surface area contributed by atoms with Crippen molar-refractivity contribution in [3.63, 3.8) is 0 Å². The largest absolute Gasteiger partial charge is 0.292 e. The first-order valence-electron chi connectivity index (χ1n) is 5.65. The standard InChI is InChI=1S/C12H12N2O/c15-9-4-10-12(5-7(12)6-14-10)8-2-1-3-13-11(8)9/h3,7H,1-2,4-6H2. The predicted octanol–water partition coefficient (Wildman–Crippen LogP) is 1.54. The van der Waals surface area contributed by atoms with Gasteiger partial charge in [-0.05, 0) is 30.8 Å². The van der Waals surface area contributed by atoms with Gasteiger partial charge >= 0.3 is 0 Å². The van der Waals surface area contributed by atoms with Crippen LogP contribution in [-0.4, -0.2) is 24.3 Å². The van der Waals surface area contributed by atoms with E-state index >= 15 is 0 Å². The summed E-state index contributed by atoms with van der Waals surface area (Å²) >= 11 is 0. The van der Waals surface area contributed by atoms with Crippen molar-refractivity contribution in [2.24, 2.45) is 21.3 Å². The van der Waals surface area contributed by atoms with Crippen LogP contribution in [0.15, 0.2) is 21.3 Å². The fourth-order valence-corrected chi connectivity index (χ4v) is 3.49. The minimum atomic E-state index is 0.192. The lowest BCUT2D eigenvalue weighted by atomic mass is 9.77. The van der Waals surface area contributed by atoms with Crippen molar-refractivity contribution in [1.82, 2.24) is 0 Å². The van der Waals surface area contributed by atoms with Gasteiger partial charge in [0.25, 0.3) is 0 Å². The molecule has 4 aliphatic rings. The number of carbonyl (C=O) groups is 1. The van der Waals surface area contributed by atoms with E-state index in [4.69, 9.17) is 0 Å². The van der Waals surface area contributed by atoms with Gasteiger partial charge in [0.2, 0.25) is 0 Å². The molecule has 0 N–H and O–H groups in total. The maximum atomic E-state index is 11.9. The predicted molar refractivity (Wildman–Crippen MR) is 57.2 cm³/mol. The molecule has 3 nitrogen and oxygen atoms in total. The monoisotopic (exact) mass is 200 g/mol. The quantitative estimate of drug-likeness (QED) is 0.584. The van der Waals surface area contributed by atoms with E-state index in [0.29, 0.717) is 12.3 Å². The maximum absolute atomic E-state index is 11.9. The van der Waals surface area contributed by atoms with Crippen molar-refractivity contribution in [2.45, 2.75) is 25.7 Å². The molecule has 2 aliphatic carbocycles. The van der Waals surface area contributed by atoms with Gasteiger partial charge in [-0.2, -0.15) is 0 Å². The molecular weight excluding hydrogens is 188 g/mol. The van der Waals surface area contributed by atoms with Gasteiger partial charge in [0, 0.05) is 23.9 Å². The summed E-state index contributed by atoms with van der Waals surface area (Å²) in [6.45, 7) is 0.948. The minimum Gasteiger partial charge on any atom is -0.292 e. The van der Waals surface area contributed by atoms with Crippen LogP contribution < -0.4 is 0 Å². The highest BCUT2D eigenvalue weighted by Crippen LogP contribution is 2.66. The zero-order chi connectivity index (χ0) is 10.0. The lowest BCUT2D eigenvalue weighted by molar-refractivity contribution is -0.114. The third kappa shape index (κ3) is 0.770. The van der Waals surface area contributed by atoms with Gasteiger partial charge in [0.05, 0.1) is 6.42 Å². The molecule has 15 heavy (non-hydrogen) atoms. The Morgan fingerprint density at radius 1 is 1.47 bits per heavy atom. The molecule has 4 rings (SSSR count). The van der Waals surface area contributed by atoms with E-state index in [9.17, 15) is 4.79 Å². The summed E-state index contributed by atoms with van der Waals surface area (Å²) in [5.41, 5.74) is 3.50. The summed E-state index contributed by atoms with van der Waals surface area (Å²) < 4.78 is 0. The van der Waals surface area contributed by atoms with E-state index in [-0.39, 0.29) is 11.2 Å². The highest BCUT2D eigenvalue weighted by atomic mass is 16.1. The Balaban J connectivity index is 1.96. The molecule has 1 saturated carbocycles. The van der Waals surface area contributed by atoms with Gasteiger partial charge in [-0.1, -0.05) is 0 Å². The molecule has 2 heterocycles. The van der Waals surface area contributed by atoms with Crippen LogP contribution in [0.25, 0.3) is 0 Å². The second kappa shape index (κ2) is 2.29. The zero-order valence-electron chi connectivity index (χ0n) is 8.49. The van der Waals surface area contributed by atoms with Gasteiger partial charge in [0.15, 0.2) is 5.78 Å². The van der Waals surface area contributed by atoms with Crippen LogP contribution in [0.2, 0.25) is 0 Å². The summed E-state index contributed by atoms with van der Waals surface area (Å²) in [7, 11) is 0. The number of rotatable bonds is 0. The van der Waals surface area contributed by atoms with Crippen LogP contribution in [0.3, 0.4) is 0 Å². The smallest absolute Gasteiger partial charge is 0.186 e. The molecule has 0 amide bonds. The summed E-state index contributed by atoms with van der Waals surface area (Å²) in [4.78, 5) is 20.7. The van der Waals surface area contributed by atoms with Crippen molar-refractivity contribution in [3.05, 3.63) is 11.3 Å². The van der Waals surface area contributed by atoms with E-state index < -0.39 is 0 Å². The summed E-state index contributed by atoms with van der Waals surface area (Å²) in [6, 6.07) is 0. The Morgan fingerprint density at radius 3 is 3.27 bits per heavy atom. The van der Waals surface area contributed by atoms with E-state index in [2.05, 4.69) is 9.98 Å². The minimum absolute atomic E-state index is 0.192. The highest BCUT2D eigenvalue weighted by Gasteiger charge is 2.65. The van der Waals surface area contributed by atoms with Gasteiger partial charge in [-0.15, -0.1) is 0 Å². The number of nitrogens with zero attached hydrogens (tertiary/aromatic N) is 2. The molecule has 1 spiro atoms. The van der Waals surface area contributed by atoms with Gasteiger partial charge in [-0.25, -0.2) is 0 Å². The average Bonchev–Trinajstić information content (AvgIpc) is 2.89. The molecule has 2 aliphatic heterocycles. The fourth-order valence-electron chi connectivity index (χ4n) is 3.49. The molecule has 76 valence electrons. The summed E-state index contributed by atoms with van der Waals surface area (Å²) in [6.07, 6.45) is 5.68. The molecule has 0 bridgehead atoms. The van der Waals surface area contributed by atoms with Gasteiger partial charge in [0.1, 0.15) is 5.70 Å². The molecule has 2 atom stereocenters. The van der Waals surface area contributed by atoms with Crippen LogP contribution in [0.5, 0.6) is 0 Å². The number of Topliss-reactive ketones (excluding diaryl/α,β-unsaturated/α-hetero) is 1. The summed E-state index contributed by atoms with van der Waals surface area (Å²) in [5.74, 6) is 0.900. The lowest BCUT2D eigenvalue weighted by Crippen LogP contribution is -2.30. The molecule has 0 aromatic carbocycles. The average molecular weight is 200 g/mol. The zero-order valence-corrected chi connectivity index (χ0v) is 8.49. The van der Waals surface area contributed by atoms with Crippen LogP contribution in [0.1, 0.15) is 25.7 Å². The lowest BCUT2D eigenvalue weighted by Gasteiger charge is -2.28. The maximum Gasteiger partial charge on any atom is 0.186 e. The number of carbonyl (C=O) groups excluding carboxylic acids is 1. The number of hydrogen-bond acceptors (Lipinski definition) is 3. The fraction of sp³-hybridized carbons (Fsp3) is 0.583.